The predicted molar refractivity (Wildman–Crippen MR) is 442 cm³/mol. The summed E-state index contributed by atoms with van der Waals surface area (Å²) in [5.74, 6) is -4.99. The first kappa shape index (κ1) is 99.4. The molecule has 2 aromatic carbocycles. The maximum atomic E-state index is 14.5. The van der Waals surface area contributed by atoms with Gasteiger partial charge in [0.2, 0.25) is 23.6 Å². The first-order valence-electron chi connectivity index (χ1n) is 41.6. The van der Waals surface area contributed by atoms with Gasteiger partial charge in [-0.15, -0.1) is 0 Å². The van der Waals surface area contributed by atoms with Gasteiger partial charge in [-0.25, -0.2) is 0 Å². The average Bonchev–Trinajstić information content (AvgIpc) is 1.76. The number of aliphatic hydroxyl groups is 1. The minimum atomic E-state index is -1.02. The van der Waals surface area contributed by atoms with Crippen LogP contribution in [0.2, 0.25) is 0 Å². The molecule has 0 saturated carbocycles. The van der Waals surface area contributed by atoms with Crippen molar-refractivity contribution in [1.29, 1.82) is 0 Å². The van der Waals surface area contributed by atoms with Gasteiger partial charge in [0.05, 0.1) is 85.5 Å². The largest absolute Gasteiger partial charge is 0.481 e. The van der Waals surface area contributed by atoms with Crippen LogP contribution in [0, 0.1) is 71.0 Å². The van der Waals surface area contributed by atoms with Crippen molar-refractivity contribution in [3.8, 4) is 0 Å². The van der Waals surface area contributed by atoms with Crippen LogP contribution in [0.15, 0.2) is 60.7 Å². The molecule has 2 fully saturated rings. The van der Waals surface area contributed by atoms with Gasteiger partial charge in [0.15, 0.2) is 11.6 Å². The van der Waals surface area contributed by atoms with E-state index in [1.54, 1.807) is 57.0 Å². The summed E-state index contributed by atoms with van der Waals surface area (Å²) in [6.07, 6.45) is 1.94. The van der Waals surface area contributed by atoms with Crippen LogP contribution >= 0.6 is 0 Å². The smallest absolute Gasteiger partial charge is 0.307 e. The summed E-state index contributed by atoms with van der Waals surface area (Å²) in [4.78, 5) is 136. The molecule has 4 amide bonds. The highest BCUT2D eigenvalue weighted by Crippen LogP contribution is 2.37. The summed E-state index contributed by atoms with van der Waals surface area (Å²) in [6, 6.07) is 16.5. The van der Waals surface area contributed by atoms with Gasteiger partial charge in [0.25, 0.3) is 0 Å². The lowest BCUT2D eigenvalue weighted by molar-refractivity contribution is -0.149. The number of amides is 4. The Bertz CT molecular complexity index is 3210. The molecule has 2 aromatic rings. The molecular weight excluding hydrogens is 1410 g/mol. The number of aliphatic carboxylic acids is 1. The monoisotopic (exact) mass is 1560 g/mol. The van der Waals surface area contributed by atoms with Crippen LogP contribution < -0.4 is 0 Å². The van der Waals surface area contributed by atoms with Crippen LogP contribution in [-0.2, 0) is 68.5 Å². The van der Waals surface area contributed by atoms with E-state index in [1.807, 2.05) is 135 Å². The Morgan fingerprint density at radius 3 is 1.13 bits per heavy atom. The highest BCUT2D eigenvalue weighted by atomic mass is 16.5. The zero-order valence-corrected chi connectivity index (χ0v) is 74.0. The third-order valence-electron chi connectivity index (χ3n) is 25.0. The van der Waals surface area contributed by atoms with Gasteiger partial charge in [-0.2, -0.15) is 0 Å². The molecular formula is C90H152N6O15. The molecule has 0 unspecified atom stereocenters. The van der Waals surface area contributed by atoms with E-state index in [0.29, 0.717) is 25.9 Å². The molecule has 19 atom stereocenters. The summed E-state index contributed by atoms with van der Waals surface area (Å²) in [5, 5.41) is 20.9. The number of ketones is 4. The molecule has 632 valence electrons. The number of rotatable bonds is 45. The van der Waals surface area contributed by atoms with Gasteiger partial charge in [0, 0.05) is 116 Å². The van der Waals surface area contributed by atoms with Crippen LogP contribution in [0.25, 0.3) is 0 Å². The minimum Gasteiger partial charge on any atom is -0.481 e. The lowest BCUT2D eigenvalue weighted by Gasteiger charge is -2.42. The highest BCUT2D eigenvalue weighted by molar-refractivity contribution is 5.92. The number of aliphatic hydroxyl groups excluding tert-OH is 1. The number of carboxylic acid groups (broad SMARTS) is 1. The molecule has 2 saturated heterocycles. The van der Waals surface area contributed by atoms with Crippen molar-refractivity contribution in [3.05, 3.63) is 71.8 Å². The van der Waals surface area contributed by atoms with E-state index in [9.17, 15) is 53.4 Å². The number of ether oxygens (including phenoxy) is 4. The van der Waals surface area contributed by atoms with Crippen LogP contribution in [-0.4, -0.2) is 234 Å². The molecule has 0 spiro atoms. The second kappa shape index (κ2) is 46.1. The standard InChI is InChI=1S/C45H75N3O8.C45H77N3O7/c1-15-30(6)41(46(11)43(52)34(28(2)3)26-37(50)40(29(4)5)47(12)45(8,9)10)38(55-13)27-39(51)48-23-19-22-35(48)42(56-14)31(7)36(49)25-33(44(53)54)24-32-20-17-16-18-21-32;1-16-30(6)41(46(12)44(53)34(28(2)3)26-37(50)40(29(4)5)47(13)45(9,10)11)38(54-14)27-39(51)48-24-20-23-35(48)43(55-15)32(8)36(49)25-31(7)42(52)33-21-18-17-19-22-33/h16-18,20-21,28-31,33-35,38,40-42H,15,19,22-27H2,1-14H3,(H,53,54);17-19,21-22,28-32,34-35,38,40-43,52H,16,20,23-27H2,1-15H3/t30-,31-,33+,34-,35-,38+,40-,41-,42+;30-,31-,32-,34-,35-,38+,40-,41-,42+,43+/m00/s1. The predicted octanol–water partition coefficient (Wildman–Crippen LogP) is 14.0. The Morgan fingerprint density at radius 1 is 0.468 bits per heavy atom. The molecule has 21 heteroatoms. The van der Waals surface area contributed by atoms with Crippen LogP contribution in [0.3, 0.4) is 0 Å². The van der Waals surface area contributed by atoms with Gasteiger partial charge >= 0.3 is 5.97 Å². The van der Waals surface area contributed by atoms with Crippen molar-refractivity contribution in [2.24, 2.45) is 71.0 Å². The number of hydrogen-bond acceptors (Lipinski definition) is 16. The van der Waals surface area contributed by atoms with Crippen LogP contribution in [0.5, 0.6) is 0 Å². The molecule has 0 aromatic heterocycles. The molecule has 2 aliphatic rings. The summed E-state index contributed by atoms with van der Waals surface area (Å²) in [7, 11) is 13.8. The van der Waals surface area contributed by atoms with E-state index in [2.05, 4.69) is 92.9 Å². The average molecular weight is 1560 g/mol. The SMILES string of the molecule is CC[C@H](C)[C@@H]([C@@H](CC(=O)N1CCC[C@H]1[C@H](OC)[C@@H](C)C(=O)C[C@@H](Cc1ccccc1)C(=O)O)OC)N(C)C(=O)[C@@H](CC(=O)[C@H](C(C)C)N(C)C(C)(C)C)C(C)C.CC[C@H](C)[C@@H]([C@@H](CC(=O)N1CCC[C@H]1[C@H](OC)[C@@H](C)C(=O)C[C@H](C)[C@@H](O)c1ccccc1)OC)N(C)C(=O)[C@@H](CC(=O)[C@H](C(C)C)N(C)C(C)(C)C)C(C)C. The summed E-state index contributed by atoms with van der Waals surface area (Å²) >= 11 is 0. The van der Waals surface area contributed by atoms with Gasteiger partial charge in [-0.3, -0.25) is 53.0 Å². The lowest BCUT2D eigenvalue weighted by Crippen LogP contribution is -2.55. The zero-order chi connectivity index (χ0) is 84.6. The maximum absolute atomic E-state index is 14.5. The summed E-state index contributed by atoms with van der Waals surface area (Å²) in [6.45, 7) is 43.5. The quantitative estimate of drug-likeness (QED) is 0.0625. The molecule has 2 heterocycles. The Hall–Kier alpha value is -5.81. The number of hydrogen-bond donors (Lipinski definition) is 2. The third-order valence-corrected chi connectivity index (χ3v) is 25.0. The number of likely N-dealkylation sites (tertiary alicyclic amines) is 2. The van der Waals surface area contributed by atoms with E-state index in [1.165, 1.54) is 7.11 Å². The Morgan fingerprint density at radius 2 is 0.820 bits per heavy atom. The first-order chi connectivity index (χ1) is 51.8. The molecule has 0 aliphatic carbocycles. The molecule has 111 heavy (non-hydrogen) atoms. The van der Waals surface area contributed by atoms with Crippen LogP contribution in [0.1, 0.15) is 240 Å². The molecule has 0 radical (unpaired) electrons. The zero-order valence-electron chi connectivity index (χ0n) is 74.0. The number of methoxy groups -OCH3 is 4. The molecule has 21 nitrogen and oxygen atoms in total. The second-order valence-corrected chi connectivity index (χ2v) is 36.1. The van der Waals surface area contributed by atoms with E-state index >= 15 is 0 Å². The van der Waals surface area contributed by atoms with Crippen molar-refractivity contribution in [2.45, 2.75) is 307 Å². The number of likely N-dealkylation sites (N-methyl/N-ethyl adjacent to an activating group) is 4. The normalized spacial score (nSPS) is 19.7. The number of carbonyl (C=O) groups excluding carboxylic acids is 8. The topological polar surface area (TPSA) is 250 Å². The molecule has 2 N–H and O–H groups in total. The molecule has 0 bridgehead atoms. The summed E-state index contributed by atoms with van der Waals surface area (Å²) in [5.41, 5.74) is 1.19. The van der Waals surface area contributed by atoms with Gasteiger partial charge in [-0.1, -0.05) is 177 Å². The van der Waals surface area contributed by atoms with Crippen molar-refractivity contribution < 1.29 is 72.3 Å². The van der Waals surface area contributed by atoms with Crippen LogP contribution in [0.4, 0.5) is 0 Å². The molecule has 2 aliphatic heterocycles. The van der Waals surface area contributed by atoms with Gasteiger partial charge in [-0.05, 0) is 140 Å². The number of benzene rings is 2. The fourth-order valence-electron chi connectivity index (χ4n) is 17.2. The lowest BCUT2D eigenvalue weighted by atomic mass is 9.83. The Balaban J connectivity index is 0.000000575. The minimum absolute atomic E-state index is 0.0108. The maximum Gasteiger partial charge on any atom is 0.307 e. The number of nitrogens with zero attached hydrogens (tertiary/aromatic N) is 6. The van der Waals surface area contributed by atoms with E-state index < -0.39 is 78.2 Å². The van der Waals surface area contributed by atoms with Crippen molar-refractivity contribution in [2.75, 3.05) is 69.7 Å². The van der Waals surface area contributed by atoms with Gasteiger partial charge < -0.3 is 48.8 Å². The van der Waals surface area contributed by atoms with Crippen molar-refractivity contribution in [1.82, 2.24) is 29.4 Å². The van der Waals surface area contributed by atoms with E-state index in [4.69, 9.17) is 18.9 Å². The molecule has 4 rings (SSSR count). The Labute approximate surface area is 670 Å². The third kappa shape index (κ3) is 27.7. The summed E-state index contributed by atoms with van der Waals surface area (Å²) < 4.78 is 24.1. The first-order valence-corrected chi connectivity index (χ1v) is 41.6. The second-order valence-electron chi connectivity index (χ2n) is 36.1. The van der Waals surface area contributed by atoms with E-state index in [-0.39, 0.29) is 168 Å². The van der Waals surface area contributed by atoms with Crippen molar-refractivity contribution in [3.63, 3.8) is 0 Å². The number of carbonyl (C=O) groups is 9. The Kier molecular flexibility index (Phi) is 41.2. The van der Waals surface area contributed by atoms with E-state index in [0.717, 1.165) is 36.8 Å². The van der Waals surface area contributed by atoms with Gasteiger partial charge in [0.1, 0.15) is 11.6 Å². The number of carboxylic acids is 1. The fraction of sp³-hybridized carbons (Fsp3) is 0.767. The fourth-order valence-corrected chi connectivity index (χ4v) is 17.2. The van der Waals surface area contributed by atoms with Crippen molar-refractivity contribution >= 4 is 52.7 Å². The highest BCUT2D eigenvalue weighted by Gasteiger charge is 2.47. The number of Topliss-reactive ketones (excluding diaryl/α,β-unsaturated/α-hetero) is 4.